The Balaban J connectivity index is 1.24. The van der Waals surface area contributed by atoms with Crippen LogP contribution in [-0.2, 0) is 19.3 Å². The Labute approximate surface area is 121 Å². The van der Waals surface area contributed by atoms with Gasteiger partial charge < -0.3 is 9.47 Å². The largest absolute Gasteiger partial charge is 0.354 e. The van der Waals surface area contributed by atoms with Gasteiger partial charge in [-0.3, -0.25) is 4.90 Å². The lowest BCUT2D eigenvalue weighted by Gasteiger charge is -2.26. The summed E-state index contributed by atoms with van der Waals surface area (Å²) in [6.45, 7) is 3.09. The fraction of sp³-hybridized carbons (Fsp3) is 1.00. The molecule has 3 unspecified atom stereocenters. The van der Waals surface area contributed by atoms with E-state index in [1.165, 1.54) is 25.7 Å². The summed E-state index contributed by atoms with van der Waals surface area (Å²) in [5.74, 6) is 2.25. The minimum absolute atomic E-state index is 0.286. The Morgan fingerprint density at radius 1 is 1.10 bits per heavy atom. The van der Waals surface area contributed by atoms with Crippen LogP contribution in [0.3, 0.4) is 0 Å². The van der Waals surface area contributed by atoms with Gasteiger partial charge in [0.15, 0.2) is 9.84 Å². The van der Waals surface area contributed by atoms with E-state index in [0.717, 1.165) is 18.4 Å². The van der Waals surface area contributed by atoms with Crippen molar-refractivity contribution in [1.29, 1.82) is 0 Å². The zero-order valence-electron chi connectivity index (χ0n) is 12.0. The fourth-order valence-electron chi connectivity index (χ4n) is 3.75. The predicted octanol–water partition coefficient (Wildman–Crippen LogP) is 0.896. The molecule has 0 aromatic heterocycles. The molecule has 0 radical (unpaired) electrons. The van der Waals surface area contributed by atoms with Crippen molar-refractivity contribution in [2.24, 2.45) is 11.8 Å². The first kappa shape index (κ1) is 14.8. The smallest absolute Gasteiger partial charge is 0.152 e. The van der Waals surface area contributed by atoms with Crippen molar-refractivity contribution >= 4 is 9.84 Å². The second-order valence-corrected chi connectivity index (χ2v) is 8.70. The van der Waals surface area contributed by atoms with Crippen molar-refractivity contribution < 1.29 is 17.9 Å². The molecule has 2 saturated carbocycles. The van der Waals surface area contributed by atoms with Gasteiger partial charge in [-0.05, 0) is 37.5 Å². The third-order valence-corrected chi connectivity index (χ3v) is 6.64. The van der Waals surface area contributed by atoms with Crippen LogP contribution in [0.4, 0.5) is 0 Å². The van der Waals surface area contributed by atoms with Crippen LogP contribution >= 0.6 is 0 Å². The van der Waals surface area contributed by atoms with E-state index in [4.69, 9.17) is 9.47 Å². The number of hydrogen-bond acceptors (Lipinski definition) is 5. The number of sulfone groups is 1. The molecule has 3 atom stereocenters. The van der Waals surface area contributed by atoms with E-state index in [0.29, 0.717) is 32.6 Å². The number of ether oxygens (including phenoxy) is 2. The molecule has 20 heavy (non-hydrogen) atoms. The average Bonchev–Trinajstić information content (AvgIpc) is 3.02. The van der Waals surface area contributed by atoms with E-state index in [1.54, 1.807) is 0 Å². The van der Waals surface area contributed by atoms with Crippen LogP contribution in [0.15, 0.2) is 0 Å². The molecular formula is C14H25NO4S. The standard InChI is InChI=1S/C14H25NO4S/c16-20(17)7-4-15(5-8-20)3-6-18-11-19-14-10-12-1-2-13(14)9-12/h12-14H,1-11H2. The zero-order chi connectivity index (χ0) is 14.0. The topological polar surface area (TPSA) is 55.8 Å². The predicted molar refractivity (Wildman–Crippen MR) is 76.2 cm³/mol. The Morgan fingerprint density at radius 3 is 2.55 bits per heavy atom. The Morgan fingerprint density at radius 2 is 1.90 bits per heavy atom. The molecular weight excluding hydrogens is 278 g/mol. The fourth-order valence-corrected chi connectivity index (χ4v) is 5.03. The Bertz CT molecular complexity index is 411. The van der Waals surface area contributed by atoms with Gasteiger partial charge in [0.05, 0.1) is 24.2 Å². The van der Waals surface area contributed by atoms with Crippen LogP contribution < -0.4 is 0 Å². The molecule has 3 aliphatic rings. The molecule has 3 fully saturated rings. The summed E-state index contributed by atoms with van der Waals surface area (Å²) in [6.07, 6.45) is 5.72. The molecule has 116 valence electrons. The van der Waals surface area contributed by atoms with E-state index in [9.17, 15) is 8.42 Å². The summed E-state index contributed by atoms with van der Waals surface area (Å²) in [7, 11) is -2.77. The average molecular weight is 303 g/mol. The molecule has 1 aliphatic heterocycles. The molecule has 5 nitrogen and oxygen atoms in total. The maximum Gasteiger partial charge on any atom is 0.152 e. The van der Waals surface area contributed by atoms with Crippen LogP contribution in [0.1, 0.15) is 25.7 Å². The lowest BCUT2D eigenvalue weighted by atomic mass is 9.98. The van der Waals surface area contributed by atoms with Gasteiger partial charge in [0.2, 0.25) is 0 Å². The minimum Gasteiger partial charge on any atom is -0.354 e. The minimum atomic E-state index is -2.77. The van der Waals surface area contributed by atoms with Crippen LogP contribution in [-0.4, -0.2) is 64.0 Å². The van der Waals surface area contributed by atoms with E-state index < -0.39 is 9.84 Å². The van der Waals surface area contributed by atoms with Crippen molar-refractivity contribution in [1.82, 2.24) is 4.90 Å². The summed E-state index contributed by atoms with van der Waals surface area (Å²) in [5.41, 5.74) is 0. The van der Waals surface area contributed by atoms with Crippen molar-refractivity contribution in [3.8, 4) is 0 Å². The van der Waals surface area contributed by atoms with Crippen LogP contribution in [0.25, 0.3) is 0 Å². The van der Waals surface area contributed by atoms with Gasteiger partial charge in [-0.2, -0.15) is 0 Å². The van der Waals surface area contributed by atoms with Gasteiger partial charge in [0.1, 0.15) is 6.79 Å². The van der Waals surface area contributed by atoms with Crippen LogP contribution in [0.2, 0.25) is 0 Å². The van der Waals surface area contributed by atoms with Crippen LogP contribution in [0, 0.1) is 11.8 Å². The summed E-state index contributed by atoms with van der Waals surface area (Å²) >= 11 is 0. The molecule has 0 aromatic carbocycles. The van der Waals surface area contributed by atoms with Crippen molar-refractivity contribution in [2.75, 3.05) is 44.5 Å². The number of nitrogens with zero attached hydrogens (tertiary/aromatic N) is 1. The Hall–Kier alpha value is -0.170. The third-order valence-electron chi connectivity index (χ3n) is 5.03. The molecule has 0 aromatic rings. The molecule has 0 amide bonds. The second kappa shape index (κ2) is 6.30. The maximum absolute atomic E-state index is 11.3. The highest BCUT2D eigenvalue weighted by Gasteiger charge is 2.40. The lowest BCUT2D eigenvalue weighted by molar-refractivity contribution is -0.106. The number of rotatable bonds is 6. The van der Waals surface area contributed by atoms with Gasteiger partial charge >= 0.3 is 0 Å². The summed E-state index contributed by atoms with van der Waals surface area (Å²) in [4.78, 5) is 2.15. The van der Waals surface area contributed by atoms with Gasteiger partial charge in [-0.15, -0.1) is 0 Å². The third kappa shape index (κ3) is 3.72. The molecule has 1 heterocycles. The molecule has 2 aliphatic carbocycles. The maximum atomic E-state index is 11.3. The van der Waals surface area contributed by atoms with E-state index >= 15 is 0 Å². The number of fused-ring (bicyclic) bond motifs is 2. The SMILES string of the molecule is O=S1(=O)CCN(CCOCOC2CC3CCC2C3)CC1. The van der Waals surface area contributed by atoms with E-state index in [2.05, 4.69) is 4.90 Å². The van der Waals surface area contributed by atoms with E-state index in [-0.39, 0.29) is 11.5 Å². The van der Waals surface area contributed by atoms with Crippen molar-refractivity contribution in [2.45, 2.75) is 31.8 Å². The summed E-state index contributed by atoms with van der Waals surface area (Å²) in [5, 5.41) is 0. The molecule has 6 heteroatoms. The van der Waals surface area contributed by atoms with Gasteiger partial charge in [-0.25, -0.2) is 8.42 Å². The molecule has 0 spiro atoms. The summed E-state index contributed by atoms with van der Waals surface area (Å²) in [6, 6.07) is 0. The monoisotopic (exact) mass is 303 g/mol. The first-order valence-corrected chi connectivity index (χ1v) is 9.57. The molecule has 3 rings (SSSR count). The van der Waals surface area contributed by atoms with Crippen molar-refractivity contribution in [3.05, 3.63) is 0 Å². The zero-order valence-corrected chi connectivity index (χ0v) is 12.8. The molecule has 0 N–H and O–H groups in total. The highest BCUT2D eigenvalue weighted by Crippen LogP contribution is 2.45. The van der Waals surface area contributed by atoms with Gasteiger partial charge in [0.25, 0.3) is 0 Å². The first-order valence-electron chi connectivity index (χ1n) is 7.74. The number of hydrogen-bond donors (Lipinski definition) is 0. The first-order chi connectivity index (χ1) is 9.62. The quantitative estimate of drug-likeness (QED) is 0.539. The highest BCUT2D eigenvalue weighted by atomic mass is 32.2. The lowest BCUT2D eigenvalue weighted by Crippen LogP contribution is -2.41. The second-order valence-electron chi connectivity index (χ2n) is 6.40. The van der Waals surface area contributed by atoms with Crippen molar-refractivity contribution in [3.63, 3.8) is 0 Å². The van der Waals surface area contributed by atoms with E-state index in [1.807, 2.05) is 0 Å². The highest BCUT2D eigenvalue weighted by molar-refractivity contribution is 7.91. The molecule has 2 bridgehead atoms. The van der Waals surface area contributed by atoms with Gasteiger partial charge in [0, 0.05) is 19.6 Å². The molecule has 1 saturated heterocycles. The summed E-state index contributed by atoms with van der Waals surface area (Å²) < 4.78 is 34.0. The van der Waals surface area contributed by atoms with Crippen LogP contribution in [0.5, 0.6) is 0 Å². The Kier molecular flexibility index (Phi) is 4.65. The van der Waals surface area contributed by atoms with Gasteiger partial charge in [-0.1, -0.05) is 0 Å². The normalized spacial score (nSPS) is 36.5.